The molecule has 3 heteroatoms. The molecule has 0 radical (unpaired) electrons. The van der Waals surface area contributed by atoms with Gasteiger partial charge in [-0.15, -0.1) is 11.3 Å². The van der Waals surface area contributed by atoms with E-state index in [2.05, 4.69) is 24.3 Å². The van der Waals surface area contributed by atoms with E-state index in [1.165, 1.54) is 23.3 Å². The lowest BCUT2D eigenvalue weighted by Crippen LogP contribution is -2.19. The Hall–Kier alpha value is -1.71. The fourth-order valence-corrected chi connectivity index (χ4v) is 4.20. The van der Waals surface area contributed by atoms with Crippen LogP contribution in [0.3, 0.4) is 0 Å². The van der Waals surface area contributed by atoms with Crippen molar-refractivity contribution in [3.05, 3.63) is 70.4 Å². The molecule has 0 saturated carbocycles. The largest absolute Gasteiger partial charge is 0.388 e. The van der Waals surface area contributed by atoms with Crippen molar-refractivity contribution < 1.29 is 9.50 Å². The third-order valence-electron chi connectivity index (χ3n) is 4.29. The molecule has 1 N–H and O–H groups in total. The first-order valence-corrected chi connectivity index (χ1v) is 7.97. The molecule has 3 aromatic rings. The van der Waals surface area contributed by atoms with E-state index in [1.54, 1.807) is 17.4 Å². The molecule has 1 heterocycles. The highest BCUT2D eigenvalue weighted by atomic mass is 32.1. The van der Waals surface area contributed by atoms with E-state index >= 15 is 0 Å². The Kier molecular flexibility index (Phi) is 3.05. The van der Waals surface area contributed by atoms with Gasteiger partial charge in [-0.25, -0.2) is 4.39 Å². The molecule has 2 atom stereocenters. The van der Waals surface area contributed by atoms with Gasteiger partial charge >= 0.3 is 0 Å². The maximum absolute atomic E-state index is 13.2. The summed E-state index contributed by atoms with van der Waals surface area (Å²) in [4.78, 5) is 0.931. The number of aliphatic hydroxyl groups is 1. The molecule has 2 unspecified atom stereocenters. The molecular formula is C18H15FOS. The van der Waals surface area contributed by atoms with Gasteiger partial charge in [-0.1, -0.05) is 24.3 Å². The molecule has 0 aliphatic heterocycles. The van der Waals surface area contributed by atoms with E-state index in [1.807, 2.05) is 6.07 Å². The summed E-state index contributed by atoms with van der Waals surface area (Å²) in [5.74, 6) is 0.215. The topological polar surface area (TPSA) is 20.2 Å². The molecule has 106 valence electrons. The summed E-state index contributed by atoms with van der Waals surface area (Å²) in [5, 5.41) is 11.3. The van der Waals surface area contributed by atoms with Gasteiger partial charge in [0.05, 0.1) is 6.10 Å². The summed E-state index contributed by atoms with van der Waals surface area (Å²) < 4.78 is 14.3. The van der Waals surface area contributed by atoms with Gasteiger partial charge < -0.3 is 5.11 Å². The van der Waals surface area contributed by atoms with Gasteiger partial charge in [0.2, 0.25) is 0 Å². The minimum absolute atomic E-state index is 0.228. The molecule has 0 spiro atoms. The van der Waals surface area contributed by atoms with E-state index in [4.69, 9.17) is 0 Å². The lowest BCUT2D eigenvalue weighted by molar-refractivity contribution is 0.157. The van der Waals surface area contributed by atoms with Gasteiger partial charge in [-0.05, 0) is 59.5 Å². The van der Waals surface area contributed by atoms with Crippen LogP contribution in [0.25, 0.3) is 10.1 Å². The third-order valence-corrected chi connectivity index (χ3v) is 5.51. The van der Waals surface area contributed by atoms with E-state index in [9.17, 15) is 9.50 Å². The van der Waals surface area contributed by atoms with Crippen LogP contribution in [-0.2, 0) is 6.42 Å². The smallest absolute Gasteiger partial charge is 0.123 e. The summed E-state index contributed by atoms with van der Waals surface area (Å²) in [5.41, 5.74) is 2.76. The molecule has 1 aromatic heterocycles. The van der Waals surface area contributed by atoms with Crippen LogP contribution < -0.4 is 0 Å². The monoisotopic (exact) mass is 298 g/mol. The van der Waals surface area contributed by atoms with Crippen LogP contribution in [0, 0.1) is 5.82 Å². The average Bonchev–Trinajstić information content (AvgIpc) is 2.87. The van der Waals surface area contributed by atoms with Gasteiger partial charge in [0.25, 0.3) is 0 Å². The Labute approximate surface area is 126 Å². The van der Waals surface area contributed by atoms with Crippen molar-refractivity contribution in [3.8, 4) is 0 Å². The number of halogens is 1. The molecule has 0 amide bonds. The van der Waals surface area contributed by atoms with Crippen LogP contribution in [-0.4, -0.2) is 5.11 Å². The lowest BCUT2D eigenvalue weighted by Gasteiger charge is -2.31. The summed E-state index contributed by atoms with van der Waals surface area (Å²) >= 11 is 1.56. The van der Waals surface area contributed by atoms with Crippen molar-refractivity contribution in [2.75, 3.05) is 0 Å². The van der Waals surface area contributed by atoms with Gasteiger partial charge in [0, 0.05) is 9.58 Å². The SMILES string of the molecule is OC(CC1Cc2ccccc21)c1cc2cc(F)ccc2s1. The molecule has 1 aliphatic carbocycles. The van der Waals surface area contributed by atoms with E-state index in [0.29, 0.717) is 5.92 Å². The van der Waals surface area contributed by atoms with Crippen LogP contribution in [0.1, 0.15) is 34.4 Å². The minimum atomic E-state index is -0.469. The van der Waals surface area contributed by atoms with Gasteiger partial charge in [0.15, 0.2) is 0 Å². The molecule has 2 aromatic carbocycles. The molecule has 0 fully saturated rings. The zero-order valence-electron chi connectivity index (χ0n) is 11.4. The zero-order chi connectivity index (χ0) is 14.4. The van der Waals surface area contributed by atoms with Crippen molar-refractivity contribution in [1.29, 1.82) is 0 Å². The fraction of sp³-hybridized carbons (Fsp3) is 0.222. The third kappa shape index (κ3) is 2.27. The van der Waals surface area contributed by atoms with Crippen LogP contribution in [0.4, 0.5) is 4.39 Å². The van der Waals surface area contributed by atoms with Crippen molar-refractivity contribution >= 4 is 21.4 Å². The Morgan fingerprint density at radius 3 is 2.90 bits per heavy atom. The van der Waals surface area contributed by atoms with Gasteiger partial charge in [-0.2, -0.15) is 0 Å². The maximum Gasteiger partial charge on any atom is 0.123 e. The maximum atomic E-state index is 13.2. The van der Waals surface area contributed by atoms with E-state index in [0.717, 1.165) is 27.8 Å². The first-order valence-electron chi connectivity index (χ1n) is 7.15. The fourth-order valence-electron chi connectivity index (χ4n) is 3.16. The second kappa shape index (κ2) is 4.93. The highest BCUT2D eigenvalue weighted by molar-refractivity contribution is 7.19. The van der Waals surface area contributed by atoms with Crippen molar-refractivity contribution in [2.24, 2.45) is 0 Å². The predicted molar refractivity (Wildman–Crippen MR) is 84.2 cm³/mol. The first kappa shape index (κ1) is 13.0. The molecule has 0 saturated heterocycles. The Bertz CT molecular complexity index is 808. The number of hydrogen-bond acceptors (Lipinski definition) is 2. The molecular weight excluding hydrogens is 283 g/mol. The van der Waals surface area contributed by atoms with Crippen LogP contribution in [0.5, 0.6) is 0 Å². The van der Waals surface area contributed by atoms with Gasteiger partial charge in [-0.3, -0.25) is 0 Å². The Balaban J connectivity index is 1.56. The summed E-state index contributed by atoms with van der Waals surface area (Å²) in [7, 11) is 0. The quantitative estimate of drug-likeness (QED) is 0.736. The number of fused-ring (bicyclic) bond motifs is 2. The van der Waals surface area contributed by atoms with Crippen molar-refractivity contribution in [1.82, 2.24) is 0 Å². The second-order valence-corrected chi connectivity index (χ2v) is 6.80. The Morgan fingerprint density at radius 2 is 2.05 bits per heavy atom. The second-order valence-electron chi connectivity index (χ2n) is 5.68. The van der Waals surface area contributed by atoms with E-state index in [-0.39, 0.29) is 5.82 Å². The number of aliphatic hydroxyl groups excluding tert-OH is 1. The summed E-state index contributed by atoms with van der Waals surface area (Å²) in [6.45, 7) is 0. The number of thiophene rings is 1. The molecule has 1 nitrogen and oxygen atoms in total. The lowest BCUT2D eigenvalue weighted by atomic mass is 9.75. The Morgan fingerprint density at radius 1 is 1.19 bits per heavy atom. The highest BCUT2D eigenvalue weighted by Crippen LogP contribution is 2.42. The van der Waals surface area contributed by atoms with Crippen LogP contribution in [0.2, 0.25) is 0 Å². The molecule has 0 bridgehead atoms. The van der Waals surface area contributed by atoms with Crippen molar-refractivity contribution in [3.63, 3.8) is 0 Å². The predicted octanol–water partition coefficient (Wildman–Crippen LogP) is 4.80. The van der Waals surface area contributed by atoms with Gasteiger partial charge in [0.1, 0.15) is 5.82 Å². The molecule has 1 aliphatic rings. The molecule has 4 rings (SSSR count). The number of benzene rings is 2. The standard InChI is InChI=1S/C18H15FOS/c19-14-5-6-17-13(8-14)10-18(21-17)16(20)9-12-7-11-3-1-2-4-15(11)12/h1-6,8,10,12,16,20H,7,9H2. The average molecular weight is 298 g/mol. The number of rotatable bonds is 3. The van der Waals surface area contributed by atoms with E-state index < -0.39 is 6.10 Å². The van der Waals surface area contributed by atoms with Crippen LogP contribution >= 0.6 is 11.3 Å². The van der Waals surface area contributed by atoms with Crippen LogP contribution in [0.15, 0.2) is 48.5 Å². The minimum Gasteiger partial charge on any atom is -0.388 e. The summed E-state index contributed by atoms with van der Waals surface area (Å²) in [6, 6.07) is 15.1. The number of hydrogen-bond donors (Lipinski definition) is 1. The van der Waals surface area contributed by atoms with Crippen molar-refractivity contribution in [2.45, 2.75) is 24.9 Å². The zero-order valence-corrected chi connectivity index (χ0v) is 12.2. The first-order chi connectivity index (χ1) is 10.2. The summed E-state index contributed by atoms with van der Waals surface area (Å²) in [6.07, 6.45) is 1.32. The highest BCUT2D eigenvalue weighted by Gasteiger charge is 2.28. The normalized spacial score (nSPS) is 18.3. The molecule has 21 heavy (non-hydrogen) atoms.